The van der Waals surface area contributed by atoms with E-state index in [9.17, 15) is 13.2 Å². The van der Waals surface area contributed by atoms with Crippen LogP contribution in [0.3, 0.4) is 0 Å². The van der Waals surface area contributed by atoms with Crippen molar-refractivity contribution in [3.63, 3.8) is 0 Å². The summed E-state index contributed by atoms with van der Waals surface area (Å²) in [5.41, 5.74) is 1.70. The SMILES string of the molecule is Cc1csc(C(=O)O)c1NS(=O)(=O)CCc1ccccc1. The van der Waals surface area contributed by atoms with Crippen LogP contribution in [0, 0.1) is 6.92 Å². The zero-order valence-corrected chi connectivity index (χ0v) is 13.0. The van der Waals surface area contributed by atoms with Crippen LogP contribution in [-0.4, -0.2) is 25.2 Å². The third-order valence-corrected chi connectivity index (χ3v) is 5.27. The number of carboxylic acid groups (broad SMARTS) is 1. The van der Waals surface area contributed by atoms with Crippen molar-refractivity contribution in [2.24, 2.45) is 0 Å². The molecule has 0 fully saturated rings. The van der Waals surface area contributed by atoms with Gasteiger partial charge in [-0.3, -0.25) is 4.72 Å². The maximum Gasteiger partial charge on any atom is 0.348 e. The molecule has 0 amide bonds. The largest absolute Gasteiger partial charge is 0.477 e. The number of hydrogen-bond acceptors (Lipinski definition) is 4. The maximum atomic E-state index is 12.1. The van der Waals surface area contributed by atoms with E-state index in [0.717, 1.165) is 16.9 Å². The monoisotopic (exact) mass is 325 g/mol. The minimum Gasteiger partial charge on any atom is -0.477 e. The Morgan fingerprint density at radius 3 is 2.57 bits per heavy atom. The Kier molecular flexibility index (Phi) is 4.64. The quantitative estimate of drug-likeness (QED) is 0.855. The van der Waals surface area contributed by atoms with Crippen LogP contribution in [0.4, 0.5) is 5.69 Å². The molecular weight excluding hydrogens is 310 g/mol. The van der Waals surface area contributed by atoms with Gasteiger partial charge >= 0.3 is 5.97 Å². The van der Waals surface area contributed by atoms with Crippen LogP contribution in [0.15, 0.2) is 35.7 Å². The van der Waals surface area contributed by atoms with Gasteiger partial charge in [-0.25, -0.2) is 13.2 Å². The maximum absolute atomic E-state index is 12.1. The van der Waals surface area contributed by atoms with Gasteiger partial charge in [-0.15, -0.1) is 11.3 Å². The second kappa shape index (κ2) is 6.28. The van der Waals surface area contributed by atoms with E-state index in [-0.39, 0.29) is 16.3 Å². The Balaban J connectivity index is 2.11. The number of aromatic carboxylic acids is 1. The molecule has 0 unspecified atom stereocenters. The lowest BCUT2D eigenvalue weighted by atomic mass is 10.2. The average Bonchev–Trinajstić information content (AvgIpc) is 2.79. The number of rotatable bonds is 6. The fourth-order valence-corrected chi connectivity index (χ4v) is 3.92. The van der Waals surface area contributed by atoms with Gasteiger partial charge in [0.25, 0.3) is 0 Å². The van der Waals surface area contributed by atoms with Gasteiger partial charge in [0.1, 0.15) is 4.88 Å². The lowest BCUT2D eigenvalue weighted by Gasteiger charge is -2.09. The van der Waals surface area contributed by atoms with E-state index in [2.05, 4.69) is 4.72 Å². The summed E-state index contributed by atoms with van der Waals surface area (Å²) < 4.78 is 26.6. The van der Waals surface area contributed by atoms with Crippen LogP contribution in [0.1, 0.15) is 20.8 Å². The van der Waals surface area contributed by atoms with E-state index < -0.39 is 16.0 Å². The van der Waals surface area contributed by atoms with Crippen molar-refractivity contribution >= 4 is 33.0 Å². The average molecular weight is 325 g/mol. The van der Waals surface area contributed by atoms with Gasteiger partial charge in [0.05, 0.1) is 11.4 Å². The molecule has 0 spiro atoms. The minimum absolute atomic E-state index is 0.00999. The molecule has 0 atom stereocenters. The molecule has 2 aromatic rings. The minimum atomic E-state index is -3.59. The van der Waals surface area contributed by atoms with Crippen molar-refractivity contribution in [3.05, 3.63) is 51.7 Å². The highest BCUT2D eigenvalue weighted by Gasteiger charge is 2.20. The Morgan fingerprint density at radius 2 is 1.95 bits per heavy atom. The number of nitrogens with one attached hydrogen (secondary N) is 1. The molecule has 1 aromatic carbocycles. The van der Waals surface area contributed by atoms with Gasteiger partial charge in [-0.1, -0.05) is 30.3 Å². The molecule has 0 aliphatic carbocycles. The summed E-state index contributed by atoms with van der Waals surface area (Å²) in [7, 11) is -3.59. The smallest absolute Gasteiger partial charge is 0.348 e. The number of carboxylic acids is 1. The number of anilines is 1. The van der Waals surface area contributed by atoms with E-state index in [1.165, 1.54) is 0 Å². The number of benzene rings is 1. The second-order valence-corrected chi connectivity index (χ2v) is 7.31. The third kappa shape index (κ3) is 4.05. The standard InChI is InChI=1S/C14H15NO4S2/c1-10-9-20-13(14(16)17)12(10)15-21(18,19)8-7-11-5-3-2-4-6-11/h2-6,9,15H,7-8H2,1H3,(H,16,17). The van der Waals surface area contributed by atoms with Gasteiger partial charge in [0.2, 0.25) is 10.0 Å². The first kappa shape index (κ1) is 15.5. The van der Waals surface area contributed by atoms with E-state index in [1.807, 2.05) is 30.3 Å². The van der Waals surface area contributed by atoms with Crippen LogP contribution >= 0.6 is 11.3 Å². The number of thiophene rings is 1. The van der Waals surface area contributed by atoms with E-state index in [0.29, 0.717) is 12.0 Å². The Bertz CT molecular complexity index is 736. The molecule has 7 heteroatoms. The van der Waals surface area contributed by atoms with Gasteiger partial charge in [0, 0.05) is 0 Å². The van der Waals surface area contributed by atoms with Crippen molar-refractivity contribution < 1.29 is 18.3 Å². The molecule has 112 valence electrons. The van der Waals surface area contributed by atoms with Gasteiger partial charge in [-0.2, -0.15) is 0 Å². The van der Waals surface area contributed by atoms with Crippen LogP contribution in [0.2, 0.25) is 0 Å². The highest BCUT2D eigenvalue weighted by Crippen LogP contribution is 2.28. The molecule has 1 aromatic heterocycles. The Labute approximate surface area is 127 Å². The molecule has 0 radical (unpaired) electrons. The van der Waals surface area contributed by atoms with Crippen LogP contribution in [0.25, 0.3) is 0 Å². The molecule has 2 rings (SSSR count). The topological polar surface area (TPSA) is 83.5 Å². The number of hydrogen-bond donors (Lipinski definition) is 2. The molecule has 0 aliphatic heterocycles. The Morgan fingerprint density at radius 1 is 1.29 bits per heavy atom. The number of aryl methyl sites for hydroxylation is 2. The van der Waals surface area contributed by atoms with Crippen LogP contribution in [-0.2, 0) is 16.4 Å². The fourth-order valence-electron chi connectivity index (χ4n) is 1.83. The molecule has 2 N–H and O–H groups in total. The van der Waals surface area contributed by atoms with Gasteiger partial charge < -0.3 is 5.11 Å². The van der Waals surface area contributed by atoms with Gasteiger partial charge in [-0.05, 0) is 29.9 Å². The van der Waals surface area contributed by atoms with Crippen molar-refractivity contribution in [2.45, 2.75) is 13.3 Å². The van der Waals surface area contributed by atoms with E-state index >= 15 is 0 Å². The summed E-state index contributed by atoms with van der Waals surface area (Å²) >= 11 is 1.01. The lowest BCUT2D eigenvalue weighted by Crippen LogP contribution is -2.19. The summed E-state index contributed by atoms with van der Waals surface area (Å²) in [4.78, 5) is 11.1. The number of sulfonamides is 1. The summed E-state index contributed by atoms with van der Waals surface area (Å²) in [6.07, 6.45) is 0.377. The zero-order chi connectivity index (χ0) is 15.5. The van der Waals surface area contributed by atoms with Crippen molar-refractivity contribution in [3.8, 4) is 0 Å². The number of carbonyl (C=O) groups is 1. The van der Waals surface area contributed by atoms with Crippen molar-refractivity contribution in [1.29, 1.82) is 0 Å². The van der Waals surface area contributed by atoms with Crippen LogP contribution < -0.4 is 4.72 Å². The summed E-state index contributed by atoms with van der Waals surface area (Å²) in [5, 5.41) is 10.7. The summed E-state index contributed by atoms with van der Waals surface area (Å²) in [6.45, 7) is 1.68. The third-order valence-electron chi connectivity index (χ3n) is 2.93. The second-order valence-electron chi connectivity index (χ2n) is 4.58. The first-order valence-electron chi connectivity index (χ1n) is 6.25. The predicted octanol–water partition coefficient (Wildman–Crippen LogP) is 2.74. The summed E-state index contributed by atoms with van der Waals surface area (Å²) in [5.74, 6) is -1.22. The van der Waals surface area contributed by atoms with E-state index in [1.54, 1.807) is 12.3 Å². The molecule has 0 saturated carbocycles. The molecule has 0 bridgehead atoms. The fraction of sp³-hybridized carbons (Fsp3) is 0.214. The predicted molar refractivity (Wildman–Crippen MR) is 83.6 cm³/mol. The zero-order valence-electron chi connectivity index (χ0n) is 11.4. The molecule has 5 nitrogen and oxygen atoms in total. The first-order chi connectivity index (χ1) is 9.89. The molecule has 0 aliphatic rings. The Hall–Kier alpha value is -1.86. The first-order valence-corrected chi connectivity index (χ1v) is 8.78. The molecule has 1 heterocycles. The van der Waals surface area contributed by atoms with Crippen molar-refractivity contribution in [2.75, 3.05) is 10.5 Å². The highest BCUT2D eigenvalue weighted by atomic mass is 32.2. The van der Waals surface area contributed by atoms with Gasteiger partial charge in [0.15, 0.2) is 0 Å². The van der Waals surface area contributed by atoms with Crippen molar-refractivity contribution in [1.82, 2.24) is 0 Å². The molecular formula is C14H15NO4S2. The highest BCUT2D eigenvalue weighted by molar-refractivity contribution is 7.92. The lowest BCUT2D eigenvalue weighted by molar-refractivity contribution is 0.0703. The van der Waals surface area contributed by atoms with E-state index in [4.69, 9.17) is 5.11 Å². The normalized spacial score (nSPS) is 11.3. The summed E-state index contributed by atoms with van der Waals surface area (Å²) in [6, 6.07) is 9.27. The molecule has 21 heavy (non-hydrogen) atoms. The molecule has 0 saturated heterocycles. The van der Waals surface area contributed by atoms with Crippen LogP contribution in [0.5, 0.6) is 0 Å².